The summed E-state index contributed by atoms with van der Waals surface area (Å²) in [5.74, 6) is 0.296. The molecule has 0 radical (unpaired) electrons. The standard InChI is InChI=1S/C12H16N2O2/c1-9(2)11(8-13)7-10-5-3-4-6-12(10)14(15)16/h3-7,9H,8,13H2,1-2H3. The molecule has 0 atom stereocenters. The summed E-state index contributed by atoms with van der Waals surface area (Å²) in [6, 6.07) is 6.68. The fourth-order valence-electron chi connectivity index (χ4n) is 1.44. The molecule has 0 saturated carbocycles. The predicted octanol–water partition coefficient (Wildman–Crippen LogP) is 2.59. The van der Waals surface area contributed by atoms with E-state index >= 15 is 0 Å². The molecular formula is C12H16N2O2. The second-order valence-electron chi connectivity index (χ2n) is 3.89. The second kappa shape index (κ2) is 5.42. The van der Waals surface area contributed by atoms with E-state index in [1.54, 1.807) is 18.2 Å². The minimum absolute atomic E-state index is 0.120. The molecule has 0 aliphatic heterocycles. The van der Waals surface area contributed by atoms with E-state index in [1.165, 1.54) is 6.07 Å². The Kier molecular flexibility index (Phi) is 4.19. The molecule has 1 aromatic carbocycles. The van der Waals surface area contributed by atoms with Gasteiger partial charge in [-0.2, -0.15) is 0 Å². The third-order valence-electron chi connectivity index (χ3n) is 2.45. The van der Waals surface area contributed by atoms with Crippen molar-refractivity contribution in [2.24, 2.45) is 11.7 Å². The molecular weight excluding hydrogens is 204 g/mol. The quantitative estimate of drug-likeness (QED) is 0.626. The van der Waals surface area contributed by atoms with Crippen LogP contribution in [0.2, 0.25) is 0 Å². The van der Waals surface area contributed by atoms with E-state index < -0.39 is 0 Å². The van der Waals surface area contributed by atoms with Crippen LogP contribution in [-0.2, 0) is 0 Å². The van der Waals surface area contributed by atoms with Crippen molar-refractivity contribution in [2.45, 2.75) is 13.8 Å². The highest BCUT2D eigenvalue weighted by Crippen LogP contribution is 2.22. The van der Waals surface area contributed by atoms with Crippen molar-refractivity contribution >= 4 is 11.8 Å². The fourth-order valence-corrected chi connectivity index (χ4v) is 1.44. The van der Waals surface area contributed by atoms with E-state index in [0.717, 1.165) is 5.57 Å². The maximum absolute atomic E-state index is 10.8. The largest absolute Gasteiger partial charge is 0.327 e. The molecule has 0 saturated heterocycles. The molecule has 0 spiro atoms. The highest BCUT2D eigenvalue weighted by Gasteiger charge is 2.11. The van der Waals surface area contributed by atoms with Gasteiger partial charge in [-0.3, -0.25) is 10.1 Å². The Bertz CT molecular complexity index is 411. The molecule has 0 fully saturated rings. The zero-order chi connectivity index (χ0) is 12.1. The number of hydrogen-bond donors (Lipinski definition) is 1. The summed E-state index contributed by atoms with van der Waals surface area (Å²) in [5, 5.41) is 10.8. The highest BCUT2D eigenvalue weighted by atomic mass is 16.6. The van der Waals surface area contributed by atoms with Crippen LogP contribution in [0.3, 0.4) is 0 Å². The lowest BCUT2D eigenvalue weighted by Gasteiger charge is -2.08. The van der Waals surface area contributed by atoms with E-state index in [9.17, 15) is 10.1 Å². The summed E-state index contributed by atoms with van der Waals surface area (Å²) in [7, 11) is 0. The smallest absolute Gasteiger partial charge is 0.276 e. The van der Waals surface area contributed by atoms with Crippen molar-refractivity contribution in [2.75, 3.05) is 6.54 Å². The zero-order valence-corrected chi connectivity index (χ0v) is 9.51. The molecule has 0 bridgehead atoms. The average Bonchev–Trinajstić information content (AvgIpc) is 2.25. The first-order valence-corrected chi connectivity index (χ1v) is 5.20. The van der Waals surface area contributed by atoms with Gasteiger partial charge in [0.2, 0.25) is 0 Å². The minimum Gasteiger partial charge on any atom is -0.327 e. The highest BCUT2D eigenvalue weighted by molar-refractivity contribution is 5.63. The number of rotatable bonds is 4. The SMILES string of the molecule is CC(C)C(=Cc1ccccc1[N+](=O)[O-])CN. The third kappa shape index (κ3) is 2.90. The van der Waals surface area contributed by atoms with Crippen molar-refractivity contribution in [3.05, 3.63) is 45.5 Å². The monoisotopic (exact) mass is 220 g/mol. The van der Waals surface area contributed by atoms with Gasteiger partial charge in [-0.15, -0.1) is 0 Å². The van der Waals surface area contributed by atoms with Gasteiger partial charge in [0.1, 0.15) is 0 Å². The molecule has 0 aliphatic rings. The van der Waals surface area contributed by atoms with E-state index in [4.69, 9.17) is 5.73 Å². The number of benzene rings is 1. The Morgan fingerprint density at radius 2 is 2.12 bits per heavy atom. The van der Waals surface area contributed by atoms with Crippen LogP contribution < -0.4 is 5.73 Å². The summed E-state index contributed by atoms with van der Waals surface area (Å²) < 4.78 is 0. The number of hydrogen-bond acceptors (Lipinski definition) is 3. The van der Waals surface area contributed by atoms with Crippen molar-refractivity contribution in [1.29, 1.82) is 0 Å². The summed E-state index contributed by atoms with van der Waals surface area (Å²) in [4.78, 5) is 10.4. The molecule has 4 nitrogen and oxygen atoms in total. The summed E-state index contributed by atoms with van der Waals surface area (Å²) in [6.45, 7) is 4.46. The molecule has 0 heterocycles. The lowest BCUT2D eigenvalue weighted by Crippen LogP contribution is -2.08. The van der Waals surface area contributed by atoms with Crippen LogP contribution in [0.25, 0.3) is 6.08 Å². The van der Waals surface area contributed by atoms with Crippen LogP contribution in [0.5, 0.6) is 0 Å². The summed E-state index contributed by atoms with van der Waals surface area (Å²) >= 11 is 0. The van der Waals surface area contributed by atoms with E-state index in [0.29, 0.717) is 18.0 Å². The van der Waals surface area contributed by atoms with Crippen LogP contribution in [0.1, 0.15) is 19.4 Å². The number of nitrogens with two attached hydrogens (primary N) is 1. The van der Waals surface area contributed by atoms with Crippen molar-refractivity contribution < 1.29 is 4.92 Å². The van der Waals surface area contributed by atoms with Crippen molar-refractivity contribution in [3.8, 4) is 0 Å². The van der Waals surface area contributed by atoms with Gasteiger partial charge < -0.3 is 5.73 Å². The van der Waals surface area contributed by atoms with Gasteiger partial charge in [-0.1, -0.05) is 31.6 Å². The van der Waals surface area contributed by atoms with Crippen LogP contribution in [0.4, 0.5) is 5.69 Å². The Morgan fingerprint density at radius 3 is 2.62 bits per heavy atom. The summed E-state index contributed by atoms with van der Waals surface area (Å²) in [6.07, 6.45) is 1.81. The molecule has 0 unspecified atom stereocenters. The maximum atomic E-state index is 10.8. The number of para-hydroxylation sites is 1. The topological polar surface area (TPSA) is 69.2 Å². The minimum atomic E-state index is -0.375. The van der Waals surface area contributed by atoms with Gasteiger partial charge >= 0.3 is 0 Å². The zero-order valence-electron chi connectivity index (χ0n) is 9.51. The molecule has 0 amide bonds. The third-order valence-corrected chi connectivity index (χ3v) is 2.45. The Balaban J connectivity index is 3.18. The first-order chi connectivity index (χ1) is 7.56. The molecule has 86 valence electrons. The van der Waals surface area contributed by atoms with E-state index in [-0.39, 0.29) is 10.6 Å². The van der Waals surface area contributed by atoms with Gasteiger partial charge in [0.05, 0.1) is 10.5 Å². The molecule has 0 aliphatic carbocycles. The Hall–Kier alpha value is -1.68. The van der Waals surface area contributed by atoms with Crippen LogP contribution in [0.15, 0.2) is 29.8 Å². The van der Waals surface area contributed by atoms with Crippen molar-refractivity contribution in [3.63, 3.8) is 0 Å². The number of nitro groups is 1. The first kappa shape index (κ1) is 12.4. The van der Waals surface area contributed by atoms with E-state index in [2.05, 4.69) is 0 Å². The van der Waals surface area contributed by atoms with Crippen LogP contribution >= 0.6 is 0 Å². The first-order valence-electron chi connectivity index (χ1n) is 5.20. The normalized spacial score (nSPS) is 11.9. The van der Waals surface area contributed by atoms with Crippen LogP contribution in [-0.4, -0.2) is 11.5 Å². The second-order valence-corrected chi connectivity index (χ2v) is 3.89. The van der Waals surface area contributed by atoms with Gasteiger partial charge in [-0.25, -0.2) is 0 Å². The van der Waals surface area contributed by atoms with Gasteiger partial charge in [0.15, 0.2) is 0 Å². The van der Waals surface area contributed by atoms with Gasteiger partial charge in [0.25, 0.3) is 5.69 Å². The van der Waals surface area contributed by atoms with Gasteiger partial charge in [0, 0.05) is 12.6 Å². The van der Waals surface area contributed by atoms with E-state index in [1.807, 2.05) is 19.9 Å². The van der Waals surface area contributed by atoms with Crippen molar-refractivity contribution in [1.82, 2.24) is 0 Å². The fraction of sp³-hybridized carbons (Fsp3) is 0.333. The average molecular weight is 220 g/mol. The number of nitro benzene ring substituents is 1. The molecule has 0 aromatic heterocycles. The molecule has 1 aromatic rings. The lowest BCUT2D eigenvalue weighted by molar-refractivity contribution is -0.385. The maximum Gasteiger partial charge on any atom is 0.276 e. The molecule has 2 N–H and O–H groups in total. The Morgan fingerprint density at radius 1 is 1.50 bits per heavy atom. The summed E-state index contributed by atoms with van der Waals surface area (Å²) in [5.41, 5.74) is 7.35. The molecule has 1 rings (SSSR count). The van der Waals surface area contributed by atoms with Crippen LogP contribution in [0, 0.1) is 16.0 Å². The number of nitrogens with zero attached hydrogens (tertiary/aromatic N) is 1. The molecule has 16 heavy (non-hydrogen) atoms. The Labute approximate surface area is 94.9 Å². The predicted molar refractivity (Wildman–Crippen MR) is 65.0 cm³/mol. The van der Waals surface area contributed by atoms with Gasteiger partial charge in [-0.05, 0) is 18.1 Å². The molecule has 4 heteroatoms. The lowest BCUT2D eigenvalue weighted by atomic mass is 10.00.